The van der Waals surface area contributed by atoms with Gasteiger partial charge in [-0.2, -0.15) is 0 Å². The molecule has 0 amide bonds. The number of fused-ring (bicyclic) bond motifs is 1. The van der Waals surface area contributed by atoms with Crippen LogP contribution in [0.2, 0.25) is 0 Å². The Morgan fingerprint density at radius 1 is 1.09 bits per heavy atom. The van der Waals surface area contributed by atoms with E-state index < -0.39 is 0 Å². The van der Waals surface area contributed by atoms with Crippen molar-refractivity contribution in [3.8, 4) is 11.1 Å². The van der Waals surface area contributed by atoms with Gasteiger partial charge < -0.3 is 15.6 Å². The van der Waals surface area contributed by atoms with Gasteiger partial charge in [-0.3, -0.25) is 0 Å². The molecule has 5 heteroatoms. The Hall–Kier alpha value is -3.34. The zero-order valence-electron chi connectivity index (χ0n) is 20.7. The number of hydrogen-bond acceptors (Lipinski definition) is 3. The second-order valence-corrected chi connectivity index (χ2v) is 8.47. The Labute approximate surface area is 198 Å². The van der Waals surface area contributed by atoms with Gasteiger partial charge in [-0.25, -0.2) is 9.98 Å². The fraction of sp³-hybridized carbons (Fsp3) is 0.357. The number of aryl methyl sites for hydroxylation is 2. The van der Waals surface area contributed by atoms with Crippen LogP contribution in [0.5, 0.6) is 0 Å². The number of nitrogens with two attached hydrogens (primary N) is 1. The number of benzene rings is 2. The van der Waals surface area contributed by atoms with Crippen molar-refractivity contribution in [2.45, 2.75) is 60.4 Å². The van der Waals surface area contributed by atoms with Crippen molar-refractivity contribution in [3.05, 3.63) is 76.9 Å². The molecule has 1 heterocycles. The lowest BCUT2D eigenvalue weighted by Crippen LogP contribution is -2.25. The SMILES string of the molecule is C=C(/C(CC)=C(/CC)N=CN)N(CCC)Cc1cc(-c2ccc3nc(C)[nH]c3c2)ccc1C. The van der Waals surface area contributed by atoms with Gasteiger partial charge in [0.2, 0.25) is 0 Å². The van der Waals surface area contributed by atoms with E-state index in [1.807, 2.05) is 6.92 Å². The summed E-state index contributed by atoms with van der Waals surface area (Å²) in [5.41, 5.74) is 15.9. The fourth-order valence-corrected chi connectivity index (χ4v) is 4.36. The Balaban J connectivity index is 1.95. The molecule has 3 rings (SSSR count). The van der Waals surface area contributed by atoms with Gasteiger partial charge in [0.05, 0.1) is 17.4 Å². The number of H-pyrrole nitrogens is 1. The maximum atomic E-state index is 5.61. The zero-order chi connectivity index (χ0) is 24.0. The van der Waals surface area contributed by atoms with Crippen LogP contribution in [0.15, 0.2) is 64.9 Å². The van der Waals surface area contributed by atoms with Gasteiger partial charge in [0.1, 0.15) is 5.82 Å². The molecule has 5 nitrogen and oxygen atoms in total. The largest absolute Gasteiger partial charge is 0.390 e. The lowest BCUT2D eigenvalue weighted by atomic mass is 9.98. The van der Waals surface area contributed by atoms with E-state index >= 15 is 0 Å². The zero-order valence-corrected chi connectivity index (χ0v) is 20.7. The average Bonchev–Trinajstić information content (AvgIpc) is 3.19. The summed E-state index contributed by atoms with van der Waals surface area (Å²) in [6.45, 7) is 16.9. The quantitative estimate of drug-likeness (QED) is 0.210. The van der Waals surface area contributed by atoms with Gasteiger partial charge in [-0.05, 0) is 79.1 Å². The molecule has 33 heavy (non-hydrogen) atoms. The molecule has 1 aromatic heterocycles. The predicted molar refractivity (Wildman–Crippen MR) is 141 cm³/mol. The van der Waals surface area contributed by atoms with Crippen LogP contribution >= 0.6 is 0 Å². The minimum absolute atomic E-state index is 0.810. The Morgan fingerprint density at radius 2 is 1.82 bits per heavy atom. The van der Waals surface area contributed by atoms with Crippen LogP contribution < -0.4 is 5.73 Å². The number of allylic oxidation sites excluding steroid dienone is 2. The lowest BCUT2D eigenvalue weighted by Gasteiger charge is -2.29. The minimum atomic E-state index is 0.810. The normalized spacial score (nSPS) is 12.4. The summed E-state index contributed by atoms with van der Waals surface area (Å²) in [6.07, 6.45) is 4.14. The van der Waals surface area contributed by atoms with Crippen LogP contribution in [0, 0.1) is 13.8 Å². The monoisotopic (exact) mass is 443 g/mol. The molecule has 0 aliphatic rings. The van der Waals surface area contributed by atoms with E-state index in [0.717, 1.165) is 60.6 Å². The van der Waals surface area contributed by atoms with E-state index in [-0.39, 0.29) is 0 Å². The van der Waals surface area contributed by atoms with Gasteiger partial charge in [-0.1, -0.05) is 45.5 Å². The summed E-state index contributed by atoms with van der Waals surface area (Å²) in [5.74, 6) is 0.936. The Bertz CT molecular complexity index is 1180. The molecule has 3 N–H and O–H groups in total. The maximum Gasteiger partial charge on any atom is 0.104 e. The fourth-order valence-electron chi connectivity index (χ4n) is 4.36. The number of hydrogen-bond donors (Lipinski definition) is 2. The molecule has 0 fully saturated rings. The Morgan fingerprint density at radius 3 is 2.48 bits per heavy atom. The highest BCUT2D eigenvalue weighted by Gasteiger charge is 2.16. The molecule has 0 spiro atoms. The van der Waals surface area contributed by atoms with Crippen LogP contribution in [-0.4, -0.2) is 27.8 Å². The highest BCUT2D eigenvalue weighted by Crippen LogP contribution is 2.29. The molecule has 0 atom stereocenters. The van der Waals surface area contributed by atoms with Gasteiger partial charge in [0, 0.05) is 24.5 Å². The molecular formula is C28H37N5. The van der Waals surface area contributed by atoms with E-state index in [1.165, 1.54) is 34.2 Å². The topological polar surface area (TPSA) is 70.3 Å². The van der Waals surface area contributed by atoms with E-state index in [9.17, 15) is 0 Å². The smallest absolute Gasteiger partial charge is 0.104 e. The van der Waals surface area contributed by atoms with Crippen molar-refractivity contribution < 1.29 is 0 Å². The summed E-state index contributed by atoms with van der Waals surface area (Å²) in [7, 11) is 0. The van der Waals surface area contributed by atoms with Crippen LogP contribution in [-0.2, 0) is 6.54 Å². The molecule has 0 bridgehead atoms. The second-order valence-electron chi connectivity index (χ2n) is 8.47. The number of aromatic nitrogens is 2. The minimum Gasteiger partial charge on any atom is -0.390 e. The summed E-state index contributed by atoms with van der Waals surface area (Å²) < 4.78 is 0. The van der Waals surface area contributed by atoms with Crippen molar-refractivity contribution in [1.29, 1.82) is 0 Å². The first kappa shape index (κ1) is 24.3. The van der Waals surface area contributed by atoms with E-state index in [4.69, 9.17) is 5.73 Å². The number of imidazole rings is 1. The van der Waals surface area contributed by atoms with Crippen molar-refractivity contribution in [1.82, 2.24) is 14.9 Å². The second kappa shape index (κ2) is 11.0. The molecular weight excluding hydrogens is 406 g/mol. The van der Waals surface area contributed by atoms with E-state index in [2.05, 4.69) is 90.5 Å². The molecule has 3 aromatic rings. The number of aliphatic imine (C=N–C) groups is 1. The summed E-state index contributed by atoms with van der Waals surface area (Å²) >= 11 is 0. The summed E-state index contributed by atoms with van der Waals surface area (Å²) in [6, 6.07) is 13.1. The van der Waals surface area contributed by atoms with Crippen LogP contribution in [0.1, 0.15) is 57.0 Å². The molecule has 0 aliphatic heterocycles. The van der Waals surface area contributed by atoms with Crippen molar-refractivity contribution in [3.63, 3.8) is 0 Å². The van der Waals surface area contributed by atoms with Crippen molar-refractivity contribution >= 4 is 17.4 Å². The van der Waals surface area contributed by atoms with Crippen LogP contribution in [0.25, 0.3) is 22.2 Å². The first-order chi connectivity index (χ1) is 15.9. The summed E-state index contributed by atoms with van der Waals surface area (Å²) in [4.78, 5) is 14.7. The van der Waals surface area contributed by atoms with Gasteiger partial charge in [-0.15, -0.1) is 0 Å². The first-order valence-electron chi connectivity index (χ1n) is 11.9. The third-order valence-electron chi connectivity index (χ3n) is 6.13. The number of nitrogens with one attached hydrogen (secondary N) is 1. The molecule has 0 unspecified atom stereocenters. The summed E-state index contributed by atoms with van der Waals surface area (Å²) in [5, 5.41) is 0. The van der Waals surface area contributed by atoms with Crippen LogP contribution in [0.4, 0.5) is 0 Å². The Kier molecular flexibility index (Phi) is 8.10. The molecule has 2 aromatic carbocycles. The van der Waals surface area contributed by atoms with Crippen LogP contribution in [0.3, 0.4) is 0 Å². The molecule has 0 radical (unpaired) electrons. The third-order valence-corrected chi connectivity index (χ3v) is 6.13. The molecule has 0 saturated carbocycles. The van der Waals surface area contributed by atoms with Gasteiger partial charge in [0.25, 0.3) is 0 Å². The molecule has 0 aliphatic carbocycles. The highest BCUT2D eigenvalue weighted by atomic mass is 15.1. The first-order valence-corrected chi connectivity index (χ1v) is 11.9. The van der Waals surface area contributed by atoms with E-state index in [0.29, 0.717) is 0 Å². The number of rotatable bonds is 10. The number of aromatic amines is 1. The maximum absolute atomic E-state index is 5.61. The van der Waals surface area contributed by atoms with Crippen molar-refractivity contribution in [2.75, 3.05) is 6.54 Å². The molecule has 0 saturated heterocycles. The highest BCUT2D eigenvalue weighted by molar-refractivity contribution is 5.82. The predicted octanol–water partition coefficient (Wildman–Crippen LogP) is 6.63. The average molecular weight is 444 g/mol. The van der Waals surface area contributed by atoms with Gasteiger partial charge in [0.15, 0.2) is 0 Å². The molecule has 174 valence electrons. The van der Waals surface area contributed by atoms with E-state index in [1.54, 1.807) is 0 Å². The standard InChI is InChI=1S/C28H37N5/c1-7-14-33(20(5)25(8-2)26(9-3)30-18-29)17-24-15-22(11-10-19(24)4)23-12-13-27-28(16-23)32-21(6)31-27/h10-13,15-16,18H,5,7-9,14,17H2,1-4,6H3,(H2,29,30)(H,31,32)/b26-25-. The lowest BCUT2D eigenvalue weighted by molar-refractivity contribution is 0.341. The van der Waals surface area contributed by atoms with Crippen molar-refractivity contribution in [2.24, 2.45) is 10.7 Å². The van der Waals surface area contributed by atoms with Gasteiger partial charge >= 0.3 is 0 Å². The number of nitrogens with zero attached hydrogens (tertiary/aromatic N) is 3. The third kappa shape index (κ3) is 5.54.